The van der Waals surface area contributed by atoms with Crippen molar-refractivity contribution in [3.8, 4) is 0 Å². The number of rotatable bonds is 5. The van der Waals surface area contributed by atoms with Crippen LogP contribution < -0.4 is 5.73 Å². The molecule has 0 aliphatic carbocycles. The van der Waals surface area contributed by atoms with Crippen LogP contribution in [0.5, 0.6) is 0 Å². The van der Waals surface area contributed by atoms with Gasteiger partial charge >= 0.3 is 0 Å². The smallest absolute Gasteiger partial charge is 0.243 e. The second-order valence-corrected chi connectivity index (χ2v) is 8.00. The number of carbonyl (C=O) groups excluding carboxylic acids is 1. The SMILES string of the molecule is CC(C)(C(=O)N1CCC(OCCN)CC1)S(C)(=O)=O. The number of likely N-dealkylation sites (tertiary alicyclic amines) is 1. The molecule has 0 unspecified atom stereocenters. The summed E-state index contributed by atoms with van der Waals surface area (Å²) in [6.07, 6.45) is 2.67. The fourth-order valence-electron chi connectivity index (χ4n) is 2.00. The van der Waals surface area contributed by atoms with Crippen LogP contribution in [0.25, 0.3) is 0 Å². The molecule has 7 heteroatoms. The Morgan fingerprint density at radius 1 is 1.37 bits per heavy atom. The summed E-state index contributed by atoms with van der Waals surface area (Å²) in [5, 5.41) is 0. The van der Waals surface area contributed by atoms with E-state index in [0.717, 1.165) is 19.1 Å². The molecule has 1 aliphatic heterocycles. The molecule has 112 valence electrons. The molecule has 1 rings (SSSR count). The maximum Gasteiger partial charge on any atom is 0.243 e. The van der Waals surface area contributed by atoms with Crippen molar-refractivity contribution in [3.05, 3.63) is 0 Å². The molecule has 0 aromatic rings. The highest BCUT2D eigenvalue weighted by Crippen LogP contribution is 2.22. The van der Waals surface area contributed by atoms with Gasteiger partial charge in [-0.2, -0.15) is 0 Å². The predicted octanol–water partition coefficient (Wildman–Crippen LogP) is -0.224. The van der Waals surface area contributed by atoms with Crippen molar-refractivity contribution in [1.82, 2.24) is 4.90 Å². The van der Waals surface area contributed by atoms with E-state index in [1.54, 1.807) is 4.90 Å². The Kier molecular flexibility index (Phi) is 5.34. The normalized spacial score (nSPS) is 18.6. The quantitative estimate of drug-likeness (QED) is 0.756. The highest BCUT2D eigenvalue weighted by atomic mass is 32.2. The topological polar surface area (TPSA) is 89.7 Å². The molecule has 19 heavy (non-hydrogen) atoms. The second-order valence-electron chi connectivity index (χ2n) is 5.43. The number of ether oxygens (including phenoxy) is 1. The van der Waals surface area contributed by atoms with Gasteiger partial charge in [0.15, 0.2) is 9.84 Å². The second kappa shape index (κ2) is 6.19. The minimum absolute atomic E-state index is 0.119. The molecule has 0 spiro atoms. The standard InChI is InChI=1S/C12H24N2O4S/c1-12(2,19(3,16)17)11(15)14-7-4-10(5-8-14)18-9-6-13/h10H,4-9,13H2,1-3H3. The van der Waals surface area contributed by atoms with E-state index in [0.29, 0.717) is 26.2 Å². The zero-order valence-electron chi connectivity index (χ0n) is 11.9. The van der Waals surface area contributed by atoms with Gasteiger partial charge in [0.05, 0.1) is 12.7 Å². The van der Waals surface area contributed by atoms with Gasteiger partial charge in [0.1, 0.15) is 4.75 Å². The van der Waals surface area contributed by atoms with Crippen molar-refractivity contribution < 1.29 is 17.9 Å². The first-order valence-electron chi connectivity index (χ1n) is 6.51. The molecule has 1 aliphatic rings. The van der Waals surface area contributed by atoms with E-state index in [2.05, 4.69) is 0 Å². The molecule has 0 radical (unpaired) electrons. The number of amides is 1. The fourth-order valence-corrected chi connectivity index (χ4v) is 2.45. The van der Waals surface area contributed by atoms with Crippen molar-refractivity contribution in [2.45, 2.75) is 37.5 Å². The van der Waals surface area contributed by atoms with Gasteiger partial charge in [-0.25, -0.2) is 8.42 Å². The minimum Gasteiger partial charge on any atom is -0.377 e. The first-order valence-corrected chi connectivity index (χ1v) is 8.40. The van der Waals surface area contributed by atoms with E-state index in [-0.39, 0.29) is 12.0 Å². The third-order valence-corrected chi connectivity index (χ3v) is 5.67. The minimum atomic E-state index is -3.42. The van der Waals surface area contributed by atoms with Crippen LogP contribution in [-0.2, 0) is 19.4 Å². The summed E-state index contributed by atoms with van der Waals surface area (Å²) < 4.78 is 27.5. The molecule has 0 aromatic carbocycles. The van der Waals surface area contributed by atoms with Crippen LogP contribution in [0.2, 0.25) is 0 Å². The van der Waals surface area contributed by atoms with Gasteiger partial charge in [0.25, 0.3) is 0 Å². The molecule has 0 aromatic heterocycles. The van der Waals surface area contributed by atoms with Gasteiger partial charge in [-0.15, -0.1) is 0 Å². The summed E-state index contributed by atoms with van der Waals surface area (Å²) in [5.41, 5.74) is 5.37. The molecular weight excluding hydrogens is 268 g/mol. The van der Waals surface area contributed by atoms with Crippen LogP contribution in [0, 0.1) is 0 Å². The number of piperidine rings is 1. The monoisotopic (exact) mass is 292 g/mol. The first-order chi connectivity index (χ1) is 8.70. The lowest BCUT2D eigenvalue weighted by Gasteiger charge is -2.36. The van der Waals surface area contributed by atoms with Gasteiger partial charge in [0.2, 0.25) is 5.91 Å². The Morgan fingerprint density at radius 2 is 1.89 bits per heavy atom. The molecule has 0 saturated carbocycles. The predicted molar refractivity (Wildman–Crippen MR) is 73.5 cm³/mol. The molecule has 1 amide bonds. The molecular formula is C12H24N2O4S. The Balaban J connectivity index is 2.59. The highest BCUT2D eigenvalue weighted by molar-refractivity contribution is 7.92. The lowest BCUT2D eigenvalue weighted by molar-refractivity contribution is -0.135. The summed E-state index contributed by atoms with van der Waals surface area (Å²) in [7, 11) is -3.42. The molecule has 6 nitrogen and oxygen atoms in total. The van der Waals surface area contributed by atoms with Gasteiger partial charge < -0.3 is 15.4 Å². The average Bonchev–Trinajstić information content (AvgIpc) is 2.34. The van der Waals surface area contributed by atoms with E-state index in [1.165, 1.54) is 13.8 Å². The van der Waals surface area contributed by atoms with Crippen molar-refractivity contribution in [1.29, 1.82) is 0 Å². The lowest BCUT2D eigenvalue weighted by atomic mass is 10.1. The average molecular weight is 292 g/mol. The van der Waals surface area contributed by atoms with Crippen molar-refractivity contribution in [2.75, 3.05) is 32.5 Å². The van der Waals surface area contributed by atoms with Gasteiger partial charge in [0, 0.05) is 25.9 Å². The largest absolute Gasteiger partial charge is 0.377 e. The van der Waals surface area contributed by atoms with Crippen molar-refractivity contribution in [2.24, 2.45) is 5.73 Å². The molecule has 1 fully saturated rings. The molecule has 0 atom stereocenters. The summed E-state index contributed by atoms with van der Waals surface area (Å²) in [4.78, 5) is 13.9. The van der Waals surface area contributed by atoms with Crippen molar-refractivity contribution >= 4 is 15.7 Å². The van der Waals surface area contributed by atoms with E-state index in [4.69, 9.17) is 10.5 Å². The zero-order valence-corrected chi connectivity index (χ0v) is 12.7. The van der Waals surface area contributed by atoms with Crippen LogP contribution in [0.1, 0.15) is 26.7 Å². The highest BCUT2D eigenvalue weighted by Gasteiger charge is 2.42. The third-order valence-electron chi connectivity index (χ3n) is 3.64. The Morgan fingerprint density at radius 3 is 2.32 bits per heavy atom. The molecule has 0 bridgehead atoms. The van der Waals surface area contributed by atoms with E-state index in [9.17, 15) is 13.2 Å². The Bertz CT molecular complexity index is 411. The Labute approximate surface area is 115 Å². The molecule has 1 saturated heterocycles. The van der Waals surface area contributed by atoms with Gasteiger partial charge in [-0.1, -0.05) is 0 Å². The number of hydrogen-bond donors (Lipinski definition) is 1. The van der Waals surface area contributed by atoms with Crippen molar-refractivity contribution in [3.63, 3.8) is 0 Å². The summed E-state index contributed by atoms with van der Waals surface area (Å²) >= 11 is 0. The number of hydrogen-bond acceptors (Lipinski definition) is 5. The third kappa shape index (κ3) is 3.90. The van der Waals surface area contributed by atoms with E-state index >= 15 is 0 Å². The van der Waals surface area contributed by atoms with E-state index < -0.39 is 14.6 Å². The van der Waals surface area contributed by atoms with Crippen LogP contribution >= 0.6 is 0 Å². The maximum absolute atomic E-state index is 12.3. The molecule has 2 N–H and O–H groups in total. The Hall–Kier alpha value is -0.660. The van der Waals surface area contributed by atoms with Crippen LogP contribution in [-0.4, -0.2) is 62.6 Å². The lowest BCUT2D eigenvalue weighted by Crippen LogP contribution is -2.52. The maximum atomic E-state index is 12.3. The number of carbonyl (C=O) groups is 1. The van der Waals surface area contributed by atoms with Gasteiger partial charge in [-0.05, 0) is 26.7 Å². The van der Waals surface area contributed by atoms with E-state index in [1.807, 2.05) is 0 Å². The summed E-state index contributed by atoms with van der Waals surface area (Å²) in [6, 6.07) is 0. The van der Waals surface area contributed by atoms with Crippen LogP contribution in [0.15, 0.2) is 0 Å². The summed E-state index contributed by atoms with van der Waals surface area (Å²) in [5.74, 6) is -0.327. The fraction of sp³-hybridized carbons (Fsp3) is 0.917. The number of nitrogens with two attached hydrogens (primary N) is 1. The first kappa shape index (κ1) is 16.4. The number of nitrogens with zero attached hydrogens (tertiary/aromatic N) is 1. The van der Waals surface area contributed by atoms with Crippen LogP contribution in [0.4, 0.5) is 0 Å². The van der Waals surface area contributed by atoms with Crippen LogP contribution in [0.3, 0.4) is 0 Å². The molecule has 1 heterocycles. The van der Waals surface area contributed by atoms with Gasteiger partial charge in [-0.3, -0.25) is 4.79 Å². The summed E-state index contributed by atoms with van der Waals surface area (Å²) in [6.45, 7) is 5.00. The zero-order chi connectivity index (χ0) is 14.7. The number of sulfone groups is 1.